The van der Waals surface area contributed by atoms with Crippen LogP contribution >= 0.6 is 0 Å². The van der Waals surface area contributed by atoms with Crippen molar-refractivity contribution in [1.29, 1.82) is 0 Å². The van der Waals surface area contributed by atoms with Crippen LogP contribution < -0.4 is 4.74 Å². The number of hydrogen-bond donors (Lipinski definition) is 0. The molecule has 132 valence electrons. The molecule has 5 nitrogen and oxygen atoms in total. The van der Waals surface area contributed by atoms with E-state index in [1.165, 1.54) is 12.2 Å². The number of carbonyl (C=O) groups excluding carboxylic acids is 1. The highest BCUT2D eigenvalue weighted by molar-refractivity contribution is 6.06. The van der Waals surface area contributed by atoms with E-state index < -0.39 is 17.4 Å². The fourth-order valence-corrected chi connectivity index (χ4v) is 2.17. The van der Waals surface area contributed by atoms with Crippen molar-refractivity contribution in [3.63, 3.8) is 0 Å². The number of nitrogens with zero attached hydrogens (tertiary/aromatic N) is 2. The third-order valence-corrected chi connectivity index (χ3v) is 3.44. The molecule has 0 spiro atoms. The molecular weight excluding hydrogens is 342 g/mol. The first kappa shape index (κ1) is 17.5. The summed E-state index contributed by atoms with van der Waals surface area (Å²) in [5, 5.41) is 3.72. The molecule has 0 unspecified atom stereocenters. The zero-order valence-electron chi connectivity index (χ0n) is 13.8. The molecule has 3 rings (SSSR count). The van der Waals surface area contributed by atoms with Gasteiger partial charge in [-0.1, -0.05) is 23.4 Å². The maximum absolute atomic E-state index is 13.6. The number of ketones is 1. The van der Waals surface area contributed by atoms with Crippen molar-refractivity contribution in [2.24, 2.45) is 0 Å². The number of allylic oxidation sites excluding steroid dienone is 1. The number of halogens is 2. The van der Waals surface area contributed by atoms with E-state index in [0.29, 0.717) is 23.5 Å². The monoisotopic (exact) mass is 356 g/mol. The molecule has 0 aliphatic heterocycles. The number of aryl methyl sites for hydroxylation is 1. The fraction of sp³-hybridized carbons (Fsp3) is 0.105. The minimum Gasteiger partial charge on any atom is -0.485 e. The number of benzene rings is 2. The van der Waals surface area contributed by atoms with E-state index >= 15 is 0 Å². The van der Waals surface area contributed by atoms with Gasteiger partial charge in [0.2, 0.25) is 11.7 Å². The molecule has 0 aliphatic carbocycles. The van der Waals surface area contributed by atoms with Gasteiger partial charge < -0.3 is 9.26 Å². The van der Waals surface area contributed by atoms with Gasteiger partial charge in [-0.3, -0.25) is 4.79 Å². The second-order valence-electron chi connectivity index (χ2n) is 5.41. The molecule has 1 aromatic heterocycles. The Hall–Kier alpha value is -3.35. The normalized spacial score (nSPS) is 11.0. The predicted octanol–water partition coefficient (Wildman–Crippen LogP) is 4.13. The molecule has 1 heterocycles. The van der Waals surface area contributed by atoms with E-state index in [9.17, 15) is 13.6 Å². The zero-order chi connectivity index (χ0) is 18.5. The topological polar surface area (TPSA) is 65.2 Å². The summed E-state index contributed by atoms with van der Waals surface area (Å²) in [5.74, 6) is -0.657. The largest absolute Gasteiger partial charge is 0.485 e. The van der Waals surface area contributed by atoms with Gasteiger partial charge in [-0.05, 0) is 35.9 Å². The van der Waals surface area contributed by atoms with Crippen LogP contribution in [-0.4, -0.2) is 15.9 Å². The van der Waals surface area contributed by atoms with E-state index in [-0.39, 0.29) is 12.2 Å². The molecule has 0 saturated heterocycles. The first-order chi connectivity index (χ1) is 12.5. The van der Waals surface area contributed by atoms with Crippen LogP contribution in [0, 0.1) is 18.6 Å². The van der Waals surface area contributed by atoms with Crippen molar-refractivity contribution in [3.05, 3.63) is 83.0 Å². The average Bonchev–Trinajstić information content (AvgIpc) is 3.04. The maximum Gasteiger partial charge on any atom is 0.223 e. The molecule has 0 amide bonds. The van der Waals surface area contributed by atoms with Crippen LogP contribution in [0.1, 0.15) is 27.6 Å². The van der Waals surface area contributed by atoms with Gasteiger partial charge in [0.05, 0.1) is 5.56 Å². The molecule has 0 radical (unpaired) electrons. The first-order valence-electron chi connectivity index (χ1n) is 7.71. The summed E-state index contributed by atoms with van der Waals surface area (Å²) in [6, 6.07) is 9.75. The summed E-state index contributed by atoms with van der Waals surface area (Å²) in [6.45, 7) is 1.87. The summed E-state index contributed by atoms with van der Waals surface area (Å²) in [7, 11) is 0. The Morgan fingerprint density at radius 3 is 2.62 bits per heavy atom. The lowest BCUT2D eigenvalue weighted by Gasteiger charge is -2.03. The lowest BCUT2D eigenvalue weighted by atomic mass is 10.1. The molecule has 0 bridgehead atoms. The lowest BCUT2D eigenvalue weighted by Crippen LogP contribution is -1.99. The third kappa shape index (κ3) is 4.38. The van der Waals surface area contributed by atoms with Gasteiger partial charge in [0.25, 0.3) is 0 Å². The zero-order valence-corrected chi connectivity index (χ0v) is 13.8. The van der Waals surface area contributed by atoms with E-state index in [0.717, 1.165) is 17.7 Å². The minimum atomic E-state index is -0.889. The van der Waals surface area contributed by atoms with Crippen molar-refractivity contribution in [3.8, 4) is 5.75 Å². The second-order valence-corrected chi connectivity index (χ2v) is 5.41. The van der Waals surface area contributed by atoms with Crippen LogP contribution in [0.3, 0.4) is 0 Å². The summed E-state index contributed by atoms with van der Waals surface area (Å²) in [4.78, 5) is 16.0. The van der Waals surface area contributed by atoms with E-state index in [2.05, 4.69) is 10.1 Å². The molecule has 3 aromatic rings. The number of hydrogen-bond acceptors (Lipinski definition) is 5. The van der Waals surface area contributed by atoms with E-state index in [4.69, 9.17) is 9.26 Å². The van der Waals surface area contributed by atoms with E-state index in [1.807, 2.05) is 0 Å². The van der Waals surface area contributed by atoms with Gasteiger partial charge >= 0.3 is 0 Å². The fourth-order valence-electron chi connectivity index (χ4n) is 2.17. The molecule has 26 heavy (non-hydrogen) atoms. The quantitative estimate of drug-likeness (QED) is 0.491. The Labute approximate surface area is 147 Å². The van der Waals surface area contributed by atoms with Crippen molar-refractivity contribution in [1.82, 2.24) is 10.1 Å². The van der Waals surface area contributed by atoms with Crippen LogP contribution in [0.15, 0.2) is 53.1 Å². The Kier molecular flexibility index (Phi) is 5.17. The highest BCUT2D eigenvalue weighted by Gasteiger charge is 2.09. The molecule has 0 atom stereocenters. The van der Waals surface area contributed by atoms with Crippen molar-refractivity contribution in [2.45, 2.75) is 13.5 Å². The van der Waals surface area contributed by atoms with Crippen LogP contribution in [0.4, 0.5) is 8.78 Å². The lowest BCUT2D eigenvalue weighted by molar-refractivity contribution is 0.104. The Bertz CT molecular complexity index is 950. The van der Waals surface area contributed by atoms with Crippen LogP contribution in [0.5, 0.6) is 5.75 Å². The summed E-state index contributed by atoms with van der Waals surface area (Å²) < 4.78 is 36.8. The average molecular weight is 356 g/mol. The molecule has 0 N–H and O–H groups in total. The maximum atomic E-state index is 13.6. The standard InChI is InChI=1S/C19H14F2N2O3/c1-12-22-19(23-26-12)11-25-15-6-2-13(3-7-15)4-9-18(24)16-8-5-14(20)10-17(16)21/h2-10H,11H2,1H3/b9-4-. The van der Waals surface area contributed by atoms with Crippen molar-refractivity contribution >= 4 is 11.9 Å². The first-order valence-corrected chi connectivity index (χ1v) is 7.71. The van der Waals surface area contributed by atoms with Crippen molar-refractivity contribution < 1.29 is 22.8 Å². The second kappa shape index (κ2) is 7.69. The van der Waals surface area contributed by atoms with Crippen LogP contribution in [-0.2, 0) is 6.61 Å². The van der Waals surface area contributed by atoms with Gasteiger partial charge in [-0.25, -0.2) is 8.78 Å². The molecule has 2 aromatic carbocycles. The number of aromatic nitrogens is 2. The molecule has 0 aliphatic rings. The number of rotatable bonds is 6. The smallest absolute Gasteiger partial charge is 0.223 e. The Balaban J connectivity index is 1.61. The summed E-state index contributed by atoms with van der Waals surface area (Å²) >= 11 is 0. The molecular formula is C19H14F2N2O3. The van der Waals surface area contributed by atoms with Gasteiger partial charge in [-0.15, -0.1) is 0 Å². The van der Waals surface area contributed by atoms with Gasteiger partial charge in [0.15, 0.2) is 12.4 Å². The molecule has 7 heteroatoms. The highest BCUT2D eigenvalue weighted by Crippen LogP contribution is 2.16. The predicted molar refractivity (Wildman–Crippen MR) is 89.5 cm³/mol. The molecule has 0 saturated carbocycles. The van der Waals surface area contributed by atoms with E-state index in [1.54, 1.807) is 31.2 Å². The summed E-state index contributed by atoms with van der Waals surface area (Å²) in [6.07, 6.45) is 2.77. The number of ether oxygens (including phenoxy) is 1. The Morgan fingerprint density at radius 2 is 1.96 bits per heavy atom. The SMILES string of the molecule is Cc1nc(COc2ccc(/C=C\C(=O)c3ccc(F)cc3F)cc2)no1. The number of carbonyl (C=O) groups is 1. The Morgan fingerprint density at radius 1 is 1.19 bits per heavy atom. The van der Waals surface area contributed by atoms with Gasteiger partial charge in [0, 0.05) is 13.0 Å². The van der Waals surface area contributed by atoms with Crippen molar-refractivity contribution in [2.75, 3.05) is 0 Å². The highest BCUT2D eigenvalue weighted by atomic mass is 19.1. The minimum absolute atomic E-state index is 0.175. The van der Waals surface area contributed by atoms with Gasteiger partial charge in [0.1, 0.15) is 17.4 Å². The summed E-state index contributed by atoms with van der Waals surface area (Å²) in [5.41, 5.74) is 0.543. The van der Waals surface area contributed by atoms with Crippen LogP contribution in [0.2, 0.25) is 0 Å². The molecule has 0 fully saturated rings. The third-order valence-electron chi connectivity index (χ3n) is 3.44. The van der Waals surface area contributed by atoms with Gasteiger partial charge in [-0.2, -0.15) is 4.98 Å². The van der Waals surface area contributed by atoms with Crippen LogP contribution in [0.25, 0.3) is 6.08 Å².